The number of aromatic nitrogens is 2. The van der Waals surface area contributed by atoms with E-state index in [9.17, 15) is 0 Å². The van der Waals surface area contributed by atoms with Gasteiger partial charge in [-0.2, -0.15) is 0 Å². The van der Waals surface area contributed by atoms with Crippen molar-refractivity contribution in [2.24, 2.45) is 0 Å². The maximum atomic E-state index is 4.34. The molecule has 0 radical (unpaired) electrons. The van der Waals surface area contributed by atoms with Gasteiger partial charge in [0.25, 0.3) is 0 Å². The fourth-order valence-electron chi connectivity index (χ4n) is 2.68. The van der Waals surface area contributed by atoms with E-state index in [2.05, 4.69) is 34.3 Å². The van der Waals surface area contributed by atoms with Crippen LogP contribution in [0.5, 0.6) is 0 Å². The van der Waals surface area contributed by atoms with E-state index in [4.69, 9.17) is 0 Å². The predicted molar refractivity (Wildman–Crippen MR) is 65.7 cm³/mol. The lowest BCUT2D eigenvalue weighted by molar-refractivity contribution is 0.459. The first-order chi connectivity index (χ1) is 7.84. The van der Waals surface area contributed by atoms with Crippen molar-refractivity contribution in [1.82, 2.24) is 15.3 Å². The molecule has 3 heteroatoms. The lowest BCUT2D eigenvalue weighted by atomic mass is 9.87. The number of aromatic amines is 1. The number of nitrogens with one attached hydrogen (secondary N) is 2. The second-order valence-electron chi connectivity index (χ2n) is 4.65. The third kappa shape index (κ3) is 1.61. The van der Waals surface area contributed by atoms with Crippen LogP contribution in [0, 0.1) is 6.92 Å². The molecule has 0 unspecified atom stereocenters. The van der Waals surface area contributed by atoms with E-state index in [1.54, 1.807) is 6.33 Å². The molecule has 1 saturated heterocycles. The molecule has 84 valence electrons. The molecule has 1 aromatic carbocycles. The summed E-state index contributed by atoms with van der Waals surface area (Å²) in [6.07, 6.45) is 4.27. The quantitative estimate of drug-likeness (QED) is 0.766. The molecule has 1 fully saturated rings. The third-order valence-corrected chi connectivity index (χ3v) is 3.59. The number of hydrogen-bond acceptors (Lipinski definition) is 2. The highest BCUT2D eigenvalue weighted by molar-refractivity contribution is 5.76. The van der Waals surface area contributed by atoms with E-state index in [0.717, 1.165) is 24.1 Å². The van der Waals surface area contributed by atoms with Gasteiger partial charge in [0.15, 0.2) is 0 Å². The van der Waals surface area contributed by atoms with Crippen LogP contribution >= 0.6 is 0 Å². The number of nitrogens with zero attached hydrogens (tertiary/aromatic N) is 1. The van der Waals surface area contributed by atoms with Gasteiger partial charge in [0.2, 0.25) is 0 Å². The smallest absolute Gasteiger partial charge is 0.0931 e. The molecule has 3 nitrogen and oxygen atoms in total. The molecular formula is C13H17N3. The summed E-state index contributed by atoms with van der Waals surface area (Å²) in [5, 5.41) is 3.41. The lowest BCUT2D eigenvalue weighted by Crippen LogP contribution is -2.26. The summed E-state index contributed by atoms with van der Waals surface area (Å²) in [4.78, 5) is 7.51. The van der Waals surface area contributed by atoms with Crippen molar-refractivity contribution < 1.29 is 0 Å². The molecule has 0 bridgehead atoms. The second-order valence-corrected chi connectivity index (χ2v) is 4.65. The molecule has 0 aliphatic carbocycles. The molecule has 2 aromatic rings. The molecule has 3 rings (SSSR count). The van der Waals surface area contributed by atoms with Crippen LogP contribution in [-0.4, -0.2) is 23.1 Å². The summed E-state index contributed by atoms with van der Waals surface area (Å²) in [7, 11) is 0. The number of rotatable bonds is 1. The van der Waals surface area contributed by atoms with Crippen LogP contribution in [0.3, 0.4) is 0 Å². The SMILES string of the molecule is Cc1cc2[nH]cnc2cc1C1CCNCC1. The second kappa shape index (κ2) is 3.91. The summed E-state index contributed by atoms with van der Waals surface area (Å²) in [5.74, 6) is 0.711. The number of hydrogen-bond donors (Lipinski definition) is 2. The zero-order valence-electron chi connectivity index (χ0n) is 9.59. The maximum absolute atomic E-state index is 4.34. The molecule has 2 N–H and O–H groups in total. The Bertz CT molecular complexity index is 495. The van der Waals surface area contributed by atoms with Gasteiger partial charge in [-0.05, 0) is 62.0 Å². The van der Waals surface area contributed by atoms with E-state index < -0.39 is 0 Å². The lowest BCUT2D eigenvalue weighted by Gasteiger charge is -2.24. The minimum Gasteiger partial charge on any atom is -0.345 e. The highest BCUT2D eigenvalue weighted by Gasteiger charge is 2.17. The number of imidazole rings is 1. The van der Waals surface area contributed by atoms with Gasteiger partial charge in [0.1, 0.15) is 0 Å². The van der Waals surface area contributed by atoms with Crippen molar-refractivity contribution in [2.75, 3.05) is 13.1 Å². The Morgan fingerprint density at radius 3 is 2.88 bits per heavy atom. The fraction of sp³-hybridized carbons (Fsp3) is 0.462. The molecule has 1 aliphatic heterocycles. The van der Waals surface area contributed by atoms with Crippen LogP contribution in [0.4, 0.5) is 0 Å². The summed E-state index contributed by atoms with van der Waals surface area (Å²) in [6, 6.07) is 4.48. The van der Waals surface area contributed by atoms with Gasteiger partial charge >= 0.3 is 0 Å². The van der Waals surface area contributed by atoms with E-state index in [1.165, 1.54) is 24.0 Å². The molecule has 1 aliphatic rings. The van der Waals surface area contributed by atoms with Crippen molar-refractivity contribution in [3.63, 3.8) is 0 Å². The van der Waals surface area contributed by atoms with Crippen LogP contribution < -0.4 is 5.32 Å². The Labute approximate surface area is 95.3 Å². The van der Waals surface area contributed by atoms with Gasteiger partial charge < -0.3 is 10.3 Å². The first-order valence-corrected chi connectivity index (χ1v) is 5.99. The Morgan fingerprint density at radius 1 is 1.25 bits per heavy atom. The molecule has 0 saturated carbocycles. The Balaban J connectivity index is 2.03. The third-order valence-electron chi connectivity index (χ3n) is 3.59. The monoisotopic (exact) mass is 215 g/mol. The van der Waals surface area contributed by atoms with Gasteiger partial charge in [-0.15, -0.1) is 0 Å². The molecular weight excluding hydrogens is 198 g/mol. The Kier molecular flexibility index (Phi) is 2.40. The summed E-state index contributed by atoms with van der Waals surface area (Å²) < 4.78 is 0. The molecule has 0 spiro atoms. The van der Waals surface area contributed by atoms with Crippen LogP contribution in [0.1, 0.15) is 29.9 Å². The van der Waals surface area contributed by atoms with Crippen LogP contribution in [0.25, 0.3) is 11.0 Å². The van der Waals surface area contributed by atoms with Crippen LogP contribution in [-0.2, 0) is 0 Å². The minimum atomic E-state index is 0.711. The fourth-order valence-corrected chi connectivity index (χ4v) is 2.68. The average Bonchev–Trinajstić information content (AvgIpc) is 2.76. The topological polar surface area (TPSA) is 40.7 Å². The van der Waals surface area contributed by atoms with Gasteiger partial charge in [-0.3, -0.25) is 0 Å². The van der Waals surface area contributed by atoms with Crippen LogP contribution in [0.15, 0.2) is 18.5 Å². The van der Waals surface area contributed by atoms with E-state index in [-0.39, 0.29) is 0 Å². The zero-order chi connectivity index (χ0) is 11.0. The molecule has 1 aromatic heterocycles. The predicted octanol–water partition coefficient (Wildman–Crippen LogP) is 2.34. The van der Waals surface area contributed by atoms with Crippen LogP contribution in [0.2, 0.25) is 0 Å². The first-order valence-electron chi connectivity index (χ1n) is 5.99. The van der Waals surface area contributed by atoms with E-state index in [1.807, 2.05) is 0 Å². The first kappa shape index (κ1) is 9.85. The van der Waals surface area contributed by atoms with Crippen molar-refractivity contribution in [1.29, 1.82) is 0 Å². The standard InChI is InChI=1S/C13H17N3/c1-9-6-12-13(16-8-15-12)7-11(9)10-2-4-14-5-3-10/h6-8,10,14H,2-5H2,1H3,(H,15,16). The number of piperidine rings is 1. The number of aryl methyl sites for hydroxylation is 1. The van der Waals surface area contributed by atoms with Crippen molar-refractivity contribution in [3.8, 4) is 0 Å². The van der Waals surface area contributed by atoms with Crippen molar-refractivity contribution >= 4 is 11.0 Å². The number of H-pyrrole nitrogens is 1. The largest absolute Gasteiger partial charge is 0.345 e. The van der Waals surface area contributed by atoms with Crippen molar-refractivity contribution in [2.45, 2.75) is 25.7 Å². The molecule has 16 heavy (non-hydrogen) atoms. The zero-order valence-corrected chi connectivity index (χ0v) is 9.59. The Hall–Kier alpha value is -1.35. The maximum Gasteiger partial charge on any atom is 0.0931 e. The average molecular weight is 215 g/mol. The molecule has 2 heterocycles. The van der Waals surface area contributed by atoms with Gasteiger partial charge in [-0.25, -0.2) is 4.98 Å². The normalized spacial score (nSPS) is 18.1. The number of fused-ring (bicyclic) bond motifs is 1. The summed E-state index contributed by atoms with van der Waals surface area (Å²) in [5.41, 5.74) is 5.12. The van der Waals surface area contributed by atoms with Gasteiger partial charge in [0.05, 0.1) is 17.4 Å². The summed E-state index contributed by atoms with van der Waals surface area (Å²) >= 11 is 0. The minimum absolute atomic E-state index is 0.711. The van der Waals surface area contributed by atoms with E-state index >= 15 is 0 Å². The Morgan fingerprint density at radius 2 is 2.06 bits per heavy atom. The van der Waals surface area contributed by atoms with Gasteiger partial charge in [-0.1, -0.05) is 0 Å². The summed E-state index contributed by atoms with van der Waals surface area (Å²) in [6.45, 7) is 4.49. The van der Waals surface area contributed by atoms with Gasteiger partial charge in [0, 0.05) is 0 Å². The highest BCUT2D eigenvalue weighted by atomic mass is 14.9. The number of benzene rings is 1. The molecule has 0 amide bonds. The molecule has 0 atom stereocenters. The van der Waals surface area contributed by atoms with Crippen molar-refractivity contribution in [3.05, 3.63) is 29.6 Å². The van der Waals surface area contributed by atoms with E-state index in [0.29, 0.717) is 5.92 Å². The highest BCUT2D eigenvalue weighted by Crippen LogP contribution is 2.30.